The van der Waals surface area contributed by atoms with E-state index in [1.165, 1.54) is 16.0 Å². The molecule has 0 fully saturated rings. The van der Waals surface area contributed by atoms with Crippen molar-refractivity contribution >= 4 is 33.8 Å². The molecule has 1 N–H and O–H groups in total. The molecule has 22 heavy (non-hydrogen) atoms. The Morgan fingerprint density at radius 2 is 2.00 bits per heavy atom. The van der Waals surface area contributed by atoms with Gasteiger partial charge in [0.05, 0.1) is 5.69 Å². The predicted octanol–water partition coefficient (Wildman–Crippen LogP) is 5.61. The topological polar surface area (TPSA) is 24.9 Å². The molecule has 1 heterocycles. The summed E-state index contributed by atoms with van der Waals surface area (Å²) in [5.41, 5.74) is 5.86. The van der Waals surface area contributed by atoms with Gasteiger partial charge in [-0.1, -0.05) is 41.9 Å². The van der Waals surface area contributed by atoms with E-state index in [4.69, 9.17) is 16.6 Å². The van der Waals surface area contributed by atoms with Gasteiger partial charge in [0.15, 0.2) is 5.13 Å². The van der Waals surface area contributed by atoms with Crippen LogP contribution >= 0.6 is 22.9 Å². The number of rotatable bonds is 2. The highest BCUT2D eigenvalue weighted by atomic mass is 35.5. The van der Waals surface area contributed by atoms with Crippen molar-refractivity contribution < 1.29 is 0 Å². The molecule has 0 unspecified atom stereocenters. The Bertz CT molecular complexity index is 854. The van der Waals surface area contributed by atoms with Crippen LogP contribution < -0.4 is 5.32 Å². The third-order valence-electron chi connectivity index (χ3n) is 4.01. The Balaban J connectivity index is 1.68. The van der Waals surface area contributed by atoms with E-state index in [0.717, 1.165) is 39.9 Å². The molecule has 4 rings (SSSR count). The summed E-state index contributed by atoms with van der Waals surface area (Å²) in [4.78, 5) is 6.16. The molecule has 0 saturated carbocycles. The van der Waals surface area contributed by atoms with E-state index in [1.54, 1.807) is 11.3 Å². The minimum Gasteiger partial charge on any atom is -0.331 e. The van der Waals surface area contributed by atoms with Crippen molar-refractivity contribution in [2.24, 2.45) is 0 Å². The number of anilines is 2. The Kier molecular flexibility index (Phi) is 3.40. The monoisotopic (exact) mass is 326 g/mol. The second-order valence-corrected chi connectivity index (χ2v) is 7.03. The number of fused-ring (bicyclic) bond motifs is 3. The zero-order valence-corrected chi connectivity index (χ0v) is 13.8. The lowest BCUT2D eigenvalue weighted by Gasteiger charge is -2.13. The maximum absolute atomic E-state index is 6.19. The minimum absolute atomic E-state index is 0.775. The summed E-state index contributed by atoms with van der Waals surface area (Å²) in [5, 5.41) is 5.09. The number of benzene rings is 2. The van der Waals surface area contributed by atoms with E-state index in [-0.39, 0.29) is 0 Å². The fraction of sp³-hybridized carbons (Fsp3) is 0.167. The second kappa shape index (κ2) is 5.41. The normalized spacial score (nSPS) is 12.6. The summed E-state index contributed by atoms with van der Waals surface area (Å²) in [6.45, 7) is 2.01. The van der Waals surface area contributed by atoms with Gasteiger partial charge in [-0.2, -0.15) is 0 Å². The Morgan fingerprint density at radius 3 is 2.86 bits per heavy atom. The summed E-state index contributed by atoms with van der Waals surface area (Å²) < 4.78 is 0. The number of thiazole rings is 1. The van der Waals surface area contributed by atoms with E-state index < -0.39 is 0 Å². The van der Waals surface area contributed by atoms with Crippen molar-refractivity contribution in [1.82, 2.24) is 4.98 Å². The fourth-order valence-electron chi connectivity index (χ4n) is 2.80. The molecule has 0 spiro atoms. The van der Waals surface area contributed by atoms with Gasteiger partial charge in [0.2, 0.25) is 0 Å². The average Bonchev–Trinajstić information content (AvgIpc) is 2.94. The molecule has 1 aliphatic carbocycles. The summed E-state index contributed by atoms with van der Waals surface area (Å²) in [5.74, 6) is 0. The molecule has 110 valence electrons. The van der Waals surface area contributed by atoms with Gasteiger partial charge in [0, 0.05) is 21.2 Å². The molecule has 2 aromatic carbocycles. The molecule has 0 saturated heterocycles. The molecule has 0 atom stereocenters. The van der Waals surface area contributed by atoms with Gasteiger partial charge in [0.25, 0.3) is 0 Å². The maximum Gasteiger partial charge on any atom is 0.187 e. The van der Waals surface area contributed by atoms with Crippen molar-refractivity contribution in [3.8, 4) is 11.3 Å². The van der Waals surface area contributed by atoms with Crippen LogP contribution in [0.1, 0.15) is 16.0 Å². The first-order chi connectivity index (χ1) is 10.7. The van der Waals surface area contributed by atoms with Crippen molar-refractivity contribution in [2.45, 2.75) is 19.8 Å². The van der Waals surface area contributed by atoms with Crippen molar-refractivity contribution in [3.63, 3.8) is 0 Å². The van der Waals surface area contributed by atoms with E-state index in [2.05, 4.69) is 29.6 Å². The molecule has 0 aliphatic heterocycles. The summed E-state index contributed by atoms with van der Waals surface area (Å²) >= 11 is 7.93. The van der Waals surface area contributed by atoms with Crippen molar-refractivity contribution in [2.75, 3.05) is 5.32 Å². The zero-order valence-electron chi connectivity index (χ0n) is 12.2. The zero-order chi connectivity index (χ0) is 15.1. The number of hydrogen-bond donors (Lipinski definition) is 1. The Labute approximate surface area is 138 Å². The van der Waals surface area contributed by atoms with Gasteiger partial charge in [-0.3, -0.25) is 0 Å². The quantitative estimate of drug-likeness (QED) is 0.661. The highest BCUT2D eigenvalue weighted by Gasteiger charge is 2.20. The van der Waals surface area contributed by atoms with Crippen LogP contribution in [0.15, 0.2) is 42.5 Å². The van der Waals surface area contributed by atoms with Crippen LogP contribution in [-0.4, -0.2) is 4.98 Å². The number of hydrogen-bond acceptors (Lipinski definition) is 3. The van der Waals surface area contributed by atoms with Crippen LogP contribution in [0.5, 0.6) is 0 Å². The number of nitrogens with one attached hydrogen (secondary N) is 1. The first-order valence-electron chi connectivity index (χ1n) is 7.32. The molecule has 0 amide bonds. The molecule has 2 nitrogen and oxygen atoms in total. The smallest absolute Gasteiger partial charge is 0.187 e. The lowest BCUT2D eigenvalue weighted by Crippen LogP contribution is -2.01. The van der Waals surface area contributed by atoms with E-state index >= 15 is 0 Å². The van der Waals surface area contributed by atoms with Crippen LogP contribution in [-0.2, 0) is 12.8 Å². The van der Waals surface area contributed by atoms with Crippen LogP contribution in [0.4, 0.5) is 10.8 Å². The number of halogens is 1. The highest BCUT2D eigenvalue weighted by molar-refractivity contribution is 7.16. The number of nitrogens with zero attached hydrogens (tertiary/aromatic N) is 1. The molecular formula is C18H15ClN2S. The molecule has 0 radical (unpaired) electrons. The summed E-state index contributed by atoms with van der Waals surface area (Å²) in [7, 11) is 0. The van der Waals surface area contributed by atoms with Crippen molar-refractivity contribution in [3.05, 3.63) is 63.5 Å². The van der Waals surface area contributed by atoms with Gasteiger partial charge in [-0.25, -0.2) is 4.98 Å². The summed E-state index contributed by atoms with van der Waals surface area (Å²) in [6.07, 6.45) is 2.17. The first-order valence-corrected chi connectivity index (χ1v) is 8.51. The van der Waals surface area contributed by atoms with Crippen molar-refractivity contribution in [1.29, 1.82) is 0 Å². The molecular weight excluding hydrogens is 312 g/mol. The molecule has 1 aromatic heterocycles. The maximum atomic E-state index is 6.19. The van der Waals surface area contributed by atoms with Gasteiger partial charge in [0.1, 0.15) is 0 Å². The largest absolute Gasteiger partial charge is 0.331 e. The van der Waals surface area contributed by atoms with Crippen LogP contribution in [0.25, 0.3) is 11.3 Å². The standard InChI is InChI=1S/C18H15ClN2S/c1-11-6-8-13(10-15(11)19)20-18-21-17-14-5-3-2-4-12(14)7-9-16(17)22-18/h2-6,8,10H,7,9H2,1H3,(H,20,21). The SMILES string of the molecule is Cc1ccc(Nc2nc3c(s2)CCc2ccccc2-3)cc1Cl. The van der Waals surface area contributed by atoms with Gasteiger partial charge < -0.3 is 5.32 Å². The van der Waals surface area contributed by atoms with Crippen LogP contribution in [0, 0.1) is 6.92 Å². The van der Waals surface area contributed by atoms with E-state index in [0.29, 0.717) is 0 Å². The van der Waals surface area contributed by atoms with Gasteiger partial charge in [-0.05, 0) is 43.0 Å². The predicted molar refractivity (Wildman–Crippen MR) is 94.4 cm³/mol. The number of aryl methyl sites for hydroxylation is 3. The fourth-order valence-corrected chi connectivity index (χ4v) is 3.97. The first kappa shape index (κ1) is 13.8. The molecule has 3 aromatic rings. The second-order valence-electron chi connectivity index (χ2n) is 5.54. The average molecular weight is 327 g/mol. The number of aromatic nitrogens is 1. The minimum atomic E-state index is 0.775. The third-order valence-corrected chi connectivity index (χ3v) is 5.45. The van der Waals surface area contributed by atoms with Crippen LogP contribution in [0.3, 0.4) is 0 Å². The van der Waals surface area contributed by atoms with E-state index in [9.17, 15) is 0 Å². The lowest BCUT2D eigenvalue weighted by atomic mass is 9.94. The molecule has 0 bridgehead atoms. The van der Waals surface area contributed by atoms with Gasteiger partial charge >= 0.3 is 0 Å². The molecule has 4 heteroatoms. The van der Waals surface area contributed by atoms with Crippen LogP contribution in [0.2, 0.25) is 5.02 Å². The molecule has 1 aliphatic rings. The highest BCUT2D eigenvalue weighted by Crippen LogP contribution is 2.38. The third kappa shape index (κ3) is 2.40. The van der Waals surface area contributed by atoms with E-state index in [1.807, 2.05) is 25.1 Å². The summed E-state index contributed by atoms with van der Waals surface area (Å²) in [6, 6.07) is 14.6. The lowest BCUT2D eigenvalue weighted by molar-refractivity contribution is 0.955. The Morgan fingerprint density at radius 1 is 1.14 bits per heavy atom. The Hall–Kier alpha value is -1.84. The van der Waals surface area contributed by atoms with Gasteiger partial charge in [-0.15, -0.1) is 11.3 Å².